The third-order valence-electron chi connectivity index (χ3n) is 3.28. The van der Waals surface area contributed by atoms with E-state index < -0.39 is 0 Å². The van der Waals surface area contributed by atoms with Crippen LogP contribution in [0.5, 0.6) is 11.6 Å². The van der Waals surface area contributed by atoms with Crippen LogP contribution < -0.4 is 20.1 Å². The van der Waals surface area contributed by atoms with Gasteiger partial charge in [-0.25, -0.2) is 4.98 Å². The highest BCUT2D eigenvalue weighted by Gasteiger charge is 2.20. The summed E-state index contributed by atoms with van der Waals surface area (Å²) in [6.45, 7) is 2.91. The maximum atomic E-state index is 5.82. The monoisotopic (exact) mass is 335 g/mol. The molecule has 0 saturated heterocycles. The fourth-order valence-electron chi connectivity index (χ4n) is 2.16. The quantitative estimate of drug-likeness (QED) is 0.746. The van der Waals surface area contributed by atoms with Crippen molar-refractivity contribution in [1.29, 1.82) is 0 Å². The van der Waals surface area contributed by atoms with Gasteiger partial charge in [0.1, 0.15) is 18.5 Å². The summed E-state index contributed by atoms with van der Waals surface area (Å²) in [6, 6.07) is 7.22. The first-order valence-corrected chi connectivity index (χ1v) is 7.87. The zero-order valence-corrected chi connectivity index (χ0v) is 13.3. The number of hydrogen-bond acceptors (Lipinski definition) is 7. The number of hydrogen-bond donors (Lipinski definition) is 2. The van der Waals surface area contributed by atoms with Gasteiger partial charge in [-0.15, -0.1) is 10.2 Å². The molecule has 0 aliphatic carbocycles. The molecule has 0 radical (unpaired) electrons. The summed E-state index contributed by atoms with van der Waals surface area (Å²) >= 11 is 5.68. The molecular formula is C15H18ClN5O2. The Morgan fingerprint density at radius 2 is 2.17 bits per heavy atom. The summed E-state index contributed by atoms with van der Waals surface area (Å²) in [5.41, 5.74) is 0. The highest BCUT2D eigenvalue weighted by molar-refractivity contribution is 6.29. The average molecular weight is 336 g/mol. The summed E-state index contributed by atoms with van der Waals surface area (Å²) in [4.78, 5) is 4.11. The fraction of sp³-hybridized carbons (Fsp3) is 0.400. The van der Waals surface area contributed by atoms with E-state index in [1.54, 1.807) is 18.3 Å². The van der Waals surface area contributed by atoms with E-state index >= 15 is 0 Å². The lowest BCUT2D eigenvalue weighted by Crippen LogP contribution is -2.39. The van der Waals surface area contributed by atoms with Crippen LogP contribution in [-0.2, 0) is 0 Å². The Balaban J connectivity index is 1.29. The minimum Gasteiger partial charge on any atom is -0.480 e. The smallest absolute Gasteiger partial charge is 0.257 e. The number of halogens is 1. The van der Waals surface area contributed by atoms with Crippen LogP contribution in [0.2, 0.25) is 5.15 Å². The van der Waals surface area contributed by atoms with Gasteiger partial charge < -0.3 is 20.1 Å². The molecule has 1 atom stereocenters. The summed E-state index contributed by atoms with van der Waals surface area (Å²) in [5.74, 6) is 1.99. The maximum Gasteiger partial charge on any atom is 0.257 e. The largest absolute Gasteiger partial charge is 0.480 e. The van der Waals surface area contributed by atoms with E-state index in [1.165, 1.54) is 0 Å². The third kappa shape index (κ3) is 4.67. The molecule has 3 rings (SSSR count). The number of ether oxygens (including phenoxy) is 2. The van der Waals surface area contributed by atoms with E-state index in [9.17, 15) is 0 Å². The van der Waals surface area contributed by atoms with Crippen LogP contribution in [0.1, 0.15) is 6.42 Å². The second-order valence-electron chi connectivity index (χ2n) is 5.08. The van der Waals surface area contributed by atoms with Gasteiger partial charge in [-0.05, 0) is 37.2 Å². The zero-order chi connectivity index (χ0) is 15.9. The van der Waals surface area contributed by atoms with Crippen LogP contribution in [0.4, 0.5) is 5.82 Å². The van der Waals surface area contributed by atoms with E-state index in [0.29, 0.717) is 23.4 Å². The lowest BCUT2D eigenvalue weighted by molar-refractivity contribution is 0.0858. The Bertz CT molecular complexity index is 626. The maximum absolute atomic E-state index is 5.82. The first-order valence-electron chi connectivity index (χ1n) is 7.49. The highest BCUT2D eigenvalue weighted by atomic mass is 35.5. The number of fused-ring (bicyclic) bond motifs is 1. The molecule has 2 aromatic heterocycles. The normalized spacial score (nSPS) is 16.1. The van der Waals surface area contributed by atoms with Crippen molar-refractivity contribution in [3.8, 4) is 11.6 Å². The van der Waals surface area contributed by atoms with Crippen LogP contribution >= 0.6 is 11.6 Å². The summed E-state index contributed by atoms with van der Waals surface area (Å²) in [7, 11) is 0. The van der Waals surface area contributed by atoms with Gasteiger partial charge in [-0.1, -0.05) is 11.6 Å². The fourth-order valence-corrected chi connectivity index (χ4v) is 2.26. The number of rotatable bonds is 7. The van der Waals surface area contributed by atoms with E-state index in [2.05, 4.69) is 25.8 Å². The molecule has 0 saturated carbocycles. The van der Waals surface area contributed by atoms with E-state index in [0.717, 1.165) is 31.9 Å². The van der Waals surface area contributed by atoms with Gasteiger partial charge in [-0.2, -0.15) is 0 Å². The van der Waals surface area contributed by atoms with Gasteiger partial charge in [0.25, 0.3) is 5.88 Å². The van der Waals surface area contributed by atoms with Crippen molar-refractivity contribution in [2.75, 3.05) is 31.6 Å². The number of aromatic nitrogens is 3. The van der Waals surface area contributed by atoms with E-state index in [1.807, 2.05) is 12.1 Å². The SMILES string of the molecule is Clc1ccc(NCCCNCC2COc3ncccc3O2)nn1. The van der Waals surface area contributed by atoms with Crippen molar-refractivity contribution < 1.29 is 9.47 Å². The number of pyridine rings is 1. The van der Waals surface area contributed by atoms with Crippen LogP contribution in [0.15, 0.2) is 30.5 Å². The lowest BCUT2D eigenvalue weighted by Gasteiger charge is -2.25. The van der Waals surface area contributed by atoms with Gasteiger partial charge in [0.2, 0.25) is 0 Å². The Morgan fingerprint density at radius 3 is 3.04 bits per heavy atom. The molecule has 0 spiro atoms. The average Bonchev–Trinajstić information content (AvgIpc) is 2.59. The predicted octanol–water partition coefficient (Wildman–Crippen LogP) is 1.76. The first kappa shape index (κ1) is 15.8. The molecule has 1 unspecified atom stereocenters. The molecule has 23 heavy (non-hydrogen) atoms. The molecule has 8 heteroatoms. The Hall–Kier alpha value is -2.12. The van der Waals surface area contributed by atoms with Gasteiger partial charge in [0.05, 0.1) is 0 Å². The van der Waals surface area contributed by atoms with Crippen molar-refractivity contribution in [3.63, 3.8) is 0 Å². The van der Waals surface area contributed by atoms with Gasteiger partial charge in [0, 0.05) is 19.3 Å². The van der Waals surface area contributed by atoms with Gasteiger partial charge >= 0.3 is 0 Å². The Morgan fingerprint density at radius 1 is 1.22 bits per heavy atom. The van der Waals surface area contributed by atoms with Crippen LogP contribution in [0, 0.1) is 0 Å². The molecule has 0 aromatic carbocycles. The highest BCUT2D eigenvalue weighted by Crippen LogP contribution is 2.27. The molecule has 0 amide bonds. The van der Waals surface area contributed by atoms with E-state index in [4.69, 9.17) is 21.1 Å². The van der Waals surface area contributed by atoms with Gasteiger partial charge in [-0.3, -0.25) is 0 Å². The molecule has 0 bridgehead atoms. The second-order valence-corrected chi connectivity index (χ2v) is 5.47. The molecule has 0 fully saturated rings. The second kappa shape index (κ2) is 7.94. The van der Waals surface area contributed by atoms with Crippen molar-refractivity contribution in [2.24, 2.45) is 0 Å². The van der Waals surface area contributed by atoms with Crippen molar-refractivity contribution in [3.05, 3.63) is 35.6 Å². The topological polar surface area (TPSA) is 81.2 Å². The molecule has 122 valence electrons. The van der Waals surface area contributed by atoms with E-state index in [-0.39, 0.29) is 6.10 Å². The van der Waals surface area contributed by atoms with Crippen LogP contribution in [0.25, 0.3) is 0 Å². The molecule has 1 aliphatic heterocycles. The zero-order valence-electron chi connectivity index (χ0n) is 12.5. The number of nitrogens with zero attached hydrogens (tertiary/aromatic N) is 3. The molecule has 2 aromatic rings. The standard InChI is InChI=1S/C15H18ClN5O2/c16-13-4-5-14(21-20-13)18-8-2-6-17-9-11-10-22-15-12(23-11)3-1-7-19-15/h1,3-5,7,11,17H,2,6,8-10H2,(H,18,21). The van der Waals surface area contributed by atoms with Crippen LogP contribution in [0.3, 0.4) is 0 Å². The predicted molar refractivity (Wildman–Crippen MR) is 87.2 cm³/mol. The third-order valence-corrected chi connectivity index (χ3v) is 3.48. The van der Waals surface area contributed by atoms with Crippen LogP contribution in [-0.4, -0.2) is 47.5 Å². The number of nitrogens with one attached hydrogen (secondary N) is 2. The Kier molecular flexibility index (Phi) is 5.44. The first-order chi connectivity index (χ1) is 11.3. The van der Waals surface area contributed by atoms with Crippen molar-refractivity contribution in [2.45, 2.75) is 12.5 Å². The number of anilines is 1. The summed E-state index contributed by atoms with van der Waals surface area (Å²) in [6.07, 6.45) is 2.65. The molecule has 2 N–H and O–H groups in total. The minimum atomic E-state index is 0.00166. The molecular weight excluding hydrogens is 318 g/mol. The minimum absolute atomic E-state index is 0.00166. The van der Waals surface area contributed by atoms with Gasteiger partial charge in [0.15, 0.2) is 10.9 Å². The summed E-state index contributed by atoms with van der Waals surface area (Å²) in [5, 5.41) is 14.6. The lowest BCUT2D eigenvalue weighted by atomic mass is 10.3. The van der Waals surface area contributed by atoms with Crippen molar-refractivity contribution >= 4 is 17.4 Å². The molecule has 3 heterocycles. The Labute approximate surface area is 139 Å². The molecule has 7 nitrogen and oxygen atoms in total. The summed E-state index contributed by atoms with van der Waals surface area (Å²) < 4.78 is 11.4. The van der Waals surface area contributed by atoms with Crippen molar-refractivity contribution in [1.82, 2.24) is 20.5 Å². The molecule has 1 aliphatic rings.